The number of hydrogen-bond donors (Lipinski definition) is 1. The fraction of sp³-hybridized carbons (Fsp3) is 0.357. The molecule has 18 heavy (non-hydrogen) atoms. The predicted octanol–water partition coefficient (Wildman–Crippen LogP) is 2.50. The zero-order valence-electron chi connectivity index (χ0n) is 10.0. The first kappa shape index (κ1) is 11.7. The van der Waals surface area contributed by atoms with Crippen molar-refractivity contribution in [1.82, 2.24) is 4.90 Å². The molecule has 94 valence electrons. The van der Waals surface area contributed by atoms with Gasteiger partial charge in [-0.05, 0) is 18.9 Å². The monoisotopic (exact) mass is 261 g/mol. The number of amides is 1. The SMILES string of the molecule is O=C(c1csc2ccccc12)N1CCC[C@@H]1CO. The molecule has 1 fully saturated rings. The van der Waals surface area contributed by atoms with Crippen LogP contribution in [0, 0.1) is 0 Å². The van der Waals surface area contributed by atoms with Gasteiger partial charge in [-0.2, -0.15) is 0 Å². The summed E-state index contributed by atoms with van der Waals surface area (Å²) in [5.41, 5.74) is 0.774. The van der Waals surface area contributed by atoms with Gasteiger partial charge in [-0.3, -0.25) is 4.79 Å². The van der Waals surface area contributed by atoms with E-state index < -0.39 is 0 Å². The zero-order valence-corrected chi connectivity index (χ0v) is 10.8. The van der Waals surface area contributed by atoms with Crippen molar-refractivity contribution in [3.63, 3.8) is 0 Å². The Kier molecular flexibility index (Phi) is 3.06. The standard InChI is InChI=1S/C14H15NO2S/c16-8-10-4-3-7-15(10)14(17)12-9-18-13-6-2-1-5-11(12)13/h1-2,5-6,9-10,16H,3-4,7-8H2/t10-/m1/s1. The van der Waals surface area contributed by atoms with Gasteiger partial charge in [0.2, 0.25) is 0 Å². The Bertz CT molecular complexity index is 578. The Morgan fingerprint density at radius 3 is 3.11 bits per heavy atom. The third kappa shape index (κ3) is 1.82. The number of aliphatic hydroxyl groups excluding tert-OH is 1. The summed E-state index contributed by atoms with van der Waals surface area (Å²) in [5, 5.41) is 12.3. The van der Waals surface area contributed by atoms with Gasteiger partial charge in [-0.15, -0.1) is 11.3 Å². The van der Waals surface area contributed by atoms with Gasteiger partial charge in [-0.1, -0.05) is 18.2 Å². The highest BCUT2D eigenvalue weighted by Gasteiger charge is 2.29. The molecular weight excluding hydrogens is 246 g/mol. The number of hydrogen-bond acceptors (Lipinski definition) is 3. The van der Waals surface area contributed by atoms with E-state index >= 15 is 0 Å². The quantitative estimate of drug-likeness (QED) is 0.902. The van der Waals surface area contributed by atoms with Crippen LogP contribution in [0.3, 0.4) is 0 Å². The van der Waals surface area contributed by atoms with E-state index in [1.807, 2.05) is 34.5 Å². The number of rotatable bonds is 2. The molecule has 1 aliphatic rings. The Hall–Kier alpha value is -1.39. The fourth-order valence-corrected chi connectivity index (χ4v) is 3.53. The molecule has 1 atom stereocenters. The summed E-state index contributed by atoms with van der Waals surface area (Å²) in [6.07, 6.45) is 1.89. The number of benzene rings is 1. The molecule has 1 aliphatic heterocycles. The molecule has 1 amide bonds. The second kappa shape index (κ2) is 4.71. The highest BCUT2D eigenvalue weighted by molar-refractivity contribution is 7.17. The summed E-state index contributed by atoms with van der Waals surface area (Å²) < 4.78 is 1.14. The lowest BCUT2D eigenvalue weighted by Gasteiger charge is -2.22. The normalized spacial score (nSPS) is 19.6. The Morgan fingerprint density at radius 2 is 2.28 bits per heavy atom. The minimum atomic E-state index is -0.00355. The summed E-state index contributed by atoms with van der Waals surface area (Å²) >= 11 is 1.60. The summed E-state index contributed by atoms with van der Waals surface area (Å²) in [5.74, 6) is 0.0593. The molecule has 0 aliphatic carbocycles. The van der Waals surface area contributed by atoms with Crippen LogP contribution in [-0.4, -0.2) is 35.1 Å². The van der Waals surface area contributed by atoms with Crippen LogP contribution < -0.4 is 0 Å². The number of thiophene rings is 1. The average molecular weight is 261 g/mol. The van der Waals surface area contributed by atoms with Crippen molar-refractivity contribution in [2.45, 2.75) is 18.9 Å². The summed E-state index contributed by atoms with van der Waals surface area (Å²) in [4.78, 5) is 14.3. The molecule has 3 nitrogen and oxygen atoms in total. The first-order valence-corrected chi connectivity index (χ1v) is 7.07. The van der Waals surface area contributed by atoms with Crippen LogP contribution in [0.25, 0.3) is 10.1 Å². The van der Waals surface area contributed by atoms with Crippen LogP contribution in [0.2, 0.25) is 0 Å². The molecule has 1 aromatic carbocycles. The van der Waals surface area contributed by atoms with E-state index in [1.54, 1.807) is 11.3 Å². The highest BCUT2D eigenvalue weighted by Crippen LogP contribution is 2.28. The van der Waals surface area contributed by atoms with Crippen molar-refractivity contribution in [2.75, 3.05) is 13.2 Å². The maximum absolute atomic E-state index is 12.5. The van der Waals surface area contributed by atoms with E-state index in [4.69, 9.17) is 0 Å². The summed E-state index contributed by atoms with van der Waals surface area (Å²) in [6, 6.07) is 7.96. The molecule has 1 saturated heterocycles. The molecular formula is C14H15NO2S. The van der Waals surface area contributed by atoms with E-state index in [-0.39, 0.29) is 18.6 Å². The number of carbonyl (C=O) groups excluding carboxylic acids is 1. The summed E-state index contributed by atoms with van der Waals surface area (Å²) in [6.45, 7) is 0.821. The summed E-state index contributed by atoms with van der Waals surface area (Å²) in [7, 11) is 0. The highest BCUT2D eigenvalue weighted by atomic mass is 32.1. The molecule has 2 heterocycles. The van der Waals surface area contributed by atoms with Crippen LogP contribution in [0.15, 0.2) is 29.6 Å². The molecule has 1 aromatic heterocycles. The number of likely N-dealkylation sites (tertiary alicyclic amines) is 1. The molecule has 0 saturated carbocycles. The molecule has 0 radical (unpaired) electrons. The van der Waals surface area contributed by atoms with Gasteiger partial charge in [0.25, 0.3) is 5.91 Å². The Labute approximate surface area is 110 Å². The van der Waals surface area contributed by atoms with Gasteiger partial charge in [0.05, 0.1) is 18.2 Å². The topological polar surface area (TPSA) is 40.5 Å². The zero-order chi connectivity index (χ0) is 12.5. The maximum atomic E-state index is 12.5. The van der Waals surface area contributed by atoms with Gasteiger partial charge >= 0.3 is 0 Å². The lowest BCUT2D eigenvalue weighted by molar-refractivity contribution is 0.0680. The van der Waals surface area contributed by atoms with E-state index in [9.17, 15) is 9.90 Å². The number of aliphatic hydroxyl groups is 1. The van der Waals surface area contributed by atoms with Crippen molar-refractivity contribution in [1.29, 1.82) is 0 Å². The van der Waals surface area contributed by atoms with E-state index in [0.29, 0.717) is 0 Å². The van der Waals surface area contributed by atoms with Crippen LogP contribution in [0.5, 0.6) is 0 Å². The van der Waals surface area contributed by atoms with Crippen molar-refractivity contribution in [3.8, 4) is 0 Å². The number of nitrogens with zero attached hydrogens (tertiary/aromatic N) is 1. The lowest BCUT2D eigenvalue weighted by atomic mass is 10.1. The first-order valence-electron chi connectivity index (χ1n) is 6.19. The number of fused-ring (bicyclic) bond motifs is 1. The molecule has 4 heteroatoms. The third-order valence-corrected chi connectivity index (χ3v) is 4.52. The van der Waals surface area contributed by atoms with Crippen molar-refractivity contribution >= 4 is 27.3 Å². The fourth-order valence-electron chi connectivity index (χ4n) is 2.59. The Balaban J connectivity index is 1.97. The maximum Gasteiger partial charge on any atom is 0.255 e. The molecule has 0 bridgehead atoms. The second-order valence-electron chi connectivity index (χ2n) is 4.62. The van der Waals surface area contributed by atoms with Gasteiger partial charge in [0.15, 0.2) is 0 Å². The van der Waals surface area contributed by atoms with Crippen molar-refractivity contribution < 1.29 is 9.90 Å². The van der Waals surface area contributed by atoms with Gasteiger partial charge in [0, 0.05) is 22.0 Å². The first-order chi connectivity index (χ1) is 8.81. The predicted molar refractivity (Wildman–Crippen MR) is 73.0 cm³/mol. The smallest absolute Gasteiger partial charge is 0.255 e. The van der Waals surface area contributed by atoms with Crippen LogP contribution in [0.1, 0.15) is 23.2 Å². The number of carbonyl (C=O) groups is 1. The Morgan fingerprint density at radius 1 is 1.44 bits per heavy atom. The van der Waals surface area contributed by atoms with E-state index in [2.05, 4.69) is 0 Å². The molecule has 1 N–H and O–H groups in total. The van der Waals surface area contributed by atoms with E-state index in [0.717, 1.165) is 35.0 Å². The van der Waals surface area contributed by atoms with Gasteiger partial charge in [0.1, 0.15) is 0 Å². The van der Waals surface area contributed by atoms with Crippen LogP contribution in [0.4, 0.5) is 0 Å². The van der Waals surface area contributed by atoms with Crippen LogP contribution in [-0.2, 0) is 0 Å². The van der Waals surface area contributed by atoms with Crippen molar-refractivity contribution in [2.24, 2.45) is 0 Å². The minimum absolute atomic E-state index is 0.00355. The van der Waals surface area contributed by atoms with Crippen molar-refractivity contribution in [3.05, 3.63) is 35.2 Å². The van der Waals surface area contributed by atoms with Gasteiger partial charge in [-0.25, -0.2) is 0 Å². The molecule has 3 rings (SSSR count). The minimum Gasteiger partial charge on any atom is -0.394 e. The molecule has 0 unspecified atom stereocenters. The van der Waals surface area contributed by atoms with Crippen LogP contribution >= 0.6 is 11.3 Å². The lowest BCUT2D eigenvalue weighted by Crippen LogP contribution is -2.37. The van der Waals surface area contributed by atoms with E-state index in [1.165, 1.54) is 0 Å². The average Bonchev–Trinajstić information content (AvgIpc) is 3.04. The third-order valence-electron chi connectivity index (χ3n) is 3.56. The van der Waals surface area contributed by atoms with Gasteiger partial charge < -0.3 is 10.0 Å². The molecule has 0 spiro atoms. The molecule has 2 aromatic rings. The largest absolute Gasteiger partial charge is 0.394 e. The second-order valence-corrected chi connectivity index (χ2v) is 5.53.